The van der Waals surface area contributed by atoms with Gasteiger partial charge in [-0.25, -0.2) is 4.39 Å². The molecule has 2 saturated heterocycles. The van der Waals surface area contributed by atoms with Crippen LogP contribution in [0.1, 0.15) is 36.8 Å². The minimum atomic E-state index is -0.179. The molecule has 0 saturated carbocycles. The summed E-state index contributed by atoms with van der Waals surface area (Å²) in [4.78, 5) is 14.9. The summed E-state index contributed by atoms with van der Waals surface area (Å²) in [6.07, 6.45) is 8.90. The summed E-state index contributed by atoms with van der Waals surface area (Å²) in [7, 11) is 0. The predicted molar refractivity (Wildman–Crippen MR) is 110 cm³/mol. The number of carbonyl (C=O) groups is 1. The lowest BCUT2D eigenvalue weighted by molar-refractivity contribution is -0.117. The monoisotopic (exact) mass is 378 g/mol. The third-order valence-electron chi connectivity index (χ3n) is 6.03. The van der Waals surface area contributed by atoms with Crippen LogP contribution in [0.3, 0.4) is 0 Å². The minimum absolute atomic E-state index is 0.00647. The Morgan fingerprint density at radius 1 is 1.04 bits per heavy atom. The van der Waals surface area contributed by atoms with E-state index in [1.807, 2.05) is 48.5 Å². The normalized spacial score (nSPS) is 24.5. The van der Waals surface area contributed by atoms with Gasteiger partial charge in [0.05, 0.1) is 0 Å². The van der Waals surface area contributed by atoms with Gasteiger partial charge in [0, 0.05) is 30.7 Å². The van der Waals surface area contributed by atoms with Crippen molar-refractivity contribution in [1.29, 1.82) is 0 Å². The Hall–Kier alpha value is -2.46. The smallest absolute Gasteiger partial charge is 0.244 e. The van der Waals surface area contributed by atoms with Crippen LogP contribution in [0.5, 0.6) is 0 Å². The molecule has 0 aliphatic carbocycles. The van der Waals surface area contributed by atoms with E-state index in [0.29, 0.717) is 12.1 Å². The molecule has 2 aromatic rings. The number of hydrogen-bond donors (Lipinski definition) is 1. The minimum Gasteiger partial charge on any atom is -0.350 e. The molecule has 2 unspecified atom stereocenters. The molecule has 2 aromatic carbocycles. The van der Waals surface area contributed by atoms with Crippen molar-refractivity contribution in [2.75, 3.05) is 6.54 Å². The summed E-state index contributed by atoms with van der Waals surface area (Å²) in [6.45, 7) is 1.01. The first-order valence-electron chi connectivity index (χ1n) is 10.2. The number of carbonyl (C=O) groups excluding carboxylic acids is 1. The SMILES string of the molecule is O=C(/C=C/c1ccccc1)NC1CC2CCC(C1)N2CCc1ccc(F)cc1. The number of halogens is 1. The quantitative estimate of drug-likeness (QED) is 0.765. The Bertz CT molecular complexity index is 804. The van der Waals surface area contributed by atoms with Crippen LogP contribution in [0, 0.1) is 5.82 Å². The fourth-order valence-electron chi connectivity index (χ4n) is 4.65. The summed E-state index contributed by atoms with van der Waals surface area (Å²) < 4.78 is 13.1. The van der Waals surface area contributed by atoms with Crippen molar-refractivity contribution < 1.29 is 9.18 Å². The molecule has 2 atom stereocenters. The summed E-state index contributed by atoms with van der Waals surface area (Å²) >= 11 is 0. The van der Waals surface area contributed by atoms with Crippen LogP contribution < -0.4 is 5.32 Å². The molecular formula is C24H27FN2O. The maximum Gasteiger partial charge on any atom is 0.244 e. The van der Waals surface area contributed by atoms with Gasteiger partial charge in [-0.1, -0.05) is 42.5 Å². The highest BCUT2D eigenvalue weighted by Gasteiger charge is 2.40. The molecule has 2 aliphatic heterocycles. The zero-order valence-electron chi connectivity index (χ0n) is 16.1. The molecular weight excluding hydrogens is 351 g/mol. The third-order valence-corrected chi connectivity index (χ3v) is 6.03. The van der Waals surface area contributed by atoms with E-state index >= 15 is 0 Å². The van der Waals surface area contributed by atoms with E-state index in [2.05, 4.69) is 10.2 Å². The summed E-state index contributed by atoms with van der Waals surface area (Å²) in [5.74, 6) is -0.185. The van der Waals surface area contributed by atoms with Crippen LogP contribution in [0.2, 0.25) is 0 Å². The highest BCUT2D eigenvalue weighted by atomic mass is 19.1. The molecule has 1 amide bonds. The summed E-state index contributed by atoms with van der Waals surface area (Å²) in [5.41, 5.74) is 2.22. The van der Waals surface area contributed by atoms with Gasteiger partial charge in [-0.15, -0.1) is 0 Å². The second-order valence-electron chi connectivity index (χ2n) is 7.92. The van der Waals surface area contributed by atoms with Crippen LogP contribution in [0.4, 0.5) is 4.39 Å². The Kier molecular flexibility index (Phi) is 5.87. The van der Waals surface area contributed by atoms with Crippen molar-refractivity contribution in [3.63, 3.8) is 0 Å². The highest BCUT2D eigenvalue weighted by molar-refractivity contribution is 5.91. The summed E-state index contributed by atoms with van der Waals surface area (Å²) in [6, 6.07) is 18.1. The zero-order chi connectivity index (χ0) is 19.3. The number of piperidine rings is 1. The van der Waals surface area contributed by atoms with E-state index < -0.39 is 0 Å². The van der Waals surface area contributed by atoms with Crippen LogP contribution >= 0.6 is 0 Å². The molecule has 2 aliphatic rings. The van der Waals surface area contributed by atoms with Gasteiger partial charge in [0.15, 0.2) is 0 Å². The lowest BCUT2D eigenvalue weighted by Gasteiger charge is -2.39. The van der Waals surface area contributed by atoms with Gasteiger partial charge in [0.1, 0.15) is 5.82 Å². The van der Waals surface area contributed by atoms with Crippen LogP contribution in [-0.2, 0) is 11.2 Å². The van der Waals surface area contributed by atoms with Crippen LogP contribution in [-0.4, -0.2) is 35.5 Å². The first-order chi connectivity index (χ1) is 13.7. The zero-order valence-corrected chi connectivity index (χ0v) is 16.1. The van der Waals surface area contributed by atoms with Gasteiger partial charge in [-0.05, 0) is 61.4 Å². The molecule has 28 heavy (non-hydrogen) atoms. The maximum atomic E-state index is 13.1. The van der Waals surface area contributed by atoms with Crippen LogP contribution in [0.15, 0.2) is 60.7 Å². The first kappa shape index (κ1) is 18.9. The fraction of sp³-hybridized carbons (Fsp3) is 0.375. The molecule has 0 aromatic heterocycles. The Labute approximate surface area is 166 Å². The average Bonchev–Trinajstić information content (AvgIpc) is 2.95. The Morgan fingerprint density at radius 3 is 2.39 bits per heavy atom. The molecule has 0 spiro atoms. The largest absolute Gasteiger partial charge is 0.350 e. The van der Waals surface area contributed by atoms with Crippen molar-refractivity contribution >= 4 is 12.0 Å². The Balaban J connectivity index is 1.28. The number of nitrogens with zero attached hydrogens (tertiary/aromatic N) is 1. The van der Waals surface area contributed by atoms with E-state index in [4.69, 9.17) is 0 Å². The standard InChI is InChI=1S/C24H27FN2O/c25-20-9-6-19(7-10-20)14-15-27-22-11-12-23(27)17-21(16-22)26-24(28)13-8-18-4-2-1-3-5-18/h1-10,13,21-23H,11-12,14-17H2,(H,26,28)/b13-8+. The van der Waals surface area contributed by atoms with E-state index in [1.54, 1.807) is 6.08 Å². The van der Waals surface area contributed by atoms with Crippen molar-refractivity contribution in [2.24, 2.45) is 0 Å². The van der Waals surface area contributed by atoms with E-state index in [1.165, 1.54) is 30.5 Å². The lowest BCUT2D eigenvalue weighted by atomic mass is 9.96. The number of rotatable bonds is 6. The molecule has 0 radical (unpaired) electrons. The number of amides is 1. The number of benzene rings is 2. The maximum absolute atomic E-state index is 13.1. The molecule has 2 fully saturated rings. The number of hydrogen-bond acceptors (Lipinski definition) is 2. The van der Waals surface area contributed by atoms with Gasteiger partial charge < -0.3 is 5.32 Å². The highest BCUT2D eigenvalue weighted by Crippen LogP contribution is 2.35. The van der Waals surface area contributed by atoms with Gasteiger partial charge in [-0.3, -0.25) is 9.69 Å². The van der Waals surface area contributed by atoms with Gasteiger partial charge in [0.25, 0.3) is 0 Å². The number of fused-ring (bicyclic) bond motifs is 2. The van der Waals surface area contributed by atoms with Crippen molar-refractivity contribution in [3.05, 3.63) is 77.6 Å². The van der Waals surface area contributed by atoms with E-state index in [9.17, 15) is 9.18 Å². The van der Waals surface area contributed by atoms with Crippen molar-refractivity contribution in [2.45, 2.75) is 50.2 Å². The summed E-state index contributed by atoms with van der Waals surface area (Å²) in [5, 5.41) is 3.20. The van der Waals surface area contributed by atoms with Gasteiger partial charge in [-0.2, -0.15) is 0 Å². The van der Waals surface area contributed by atoms with Crippen molar-refractivity contribution in [3.8, 4) is 0 Å². The lowest BCUT2D eigenvalue weighted by Crippen LogP contribution is -2.50. The molecule has 3 nitrogen and oxygen atoms in total. The predicted octanol–water partition coefficient (Wildman–Crippen LogP) is 4.19. The molecule has 2 bridgehead atoms. The topological polar surface area (TPSA) is 32.3 Å². The molecule has 4 rings (SSSR count). The first-order valence-corrected chi connectivity index (χ1v) is 10.2. The average molecular weight is 378 g/mol. The van der Waals surface area contributed by atoms with E-state index in [0.717, 1.165) is 31.4 Å². The third kappa shape index (κ3) is 4.68. The molecule has 146 valence electrons. The molecule has 2 heterocycles. The fourth-order valence-corrected chi connectivity index (χ4v) is 4.65. The van der Waals surface area contributed by atoms with E-state index in [-0.39, 0.29) is 17.8 Å². The Morgan fingerprint density at radius 2 is 1.71 bits per heavy atom. The second kappa shape index (κ2) is 8.70. The van der Waals surface area contributed by atoms with Crippen molar-refractivity contribution in [1.82, 2.24) is 10.2 Å². The number of nitrogens with one attached hydrogen (secondary N) is 1. The van der Waals surface area contributed by atoms with Crippen LogP contribution in [0.25, 0.3) is 6.08 Å². The van der Waals surface area contributed by atoms with Gasteiger partial charge in [0.2, 0.25) is 5.91 Å². The molecule has 4 heteroatoms. The molecule has 1 N–H and O–H groups in total. The van der Waals surface area contributed by atoms with Gasteiger partial charge >= 0.3 is 0 Å². The second-order valence-corrected chi connectivity index (χ2v) is 7.92.